The lowest BCUT2D eigenvalue weighted by Gasteiger charge is -2.43. The van der Waals surface area contributed by atoms with E-state index < -0.39 is 5.60 Å². The highest BCUT2D eigenvalue weighted by Crippen LogP contribution is 2.43. The summed E-state index contributed by atoms with van der Waals surface area (Å²) in [6.45, 7) is 9.56. The molecule has 35 heavy (non-hydrogen) atoms. The predicted octanol–water partition coefficient (Wildman–Crippen LogP) is 5.34. The minimum atomic E-state index is -1.06. The number of nitrogens with zero attached hydrogens (tertiary/aromatic N) is 1. The first-order chi connectivity index (χ1) is 16.7. The van der Waals surface area contributed by atoms with Crippen molar-refractivity contribution in [3.63, 3.8) is 0 Å². The summed E-state index contributed by atoms with van der Waals surface area (Å²) in [5.41, 5.74) is 0.720. The van der Waals surface area contributed by atoms with Crippen LogP contribution in [0.3, 0.4) is 0 Å². The molecule has 0 radical (unpaired) electrons. The van der Waals surface area contributed by atoms with Gasteiger partial charge in [-0.15, -0.1) is 0 Å². The molecule has 2 N–H and O–H groups in total. The van der Waals surface area contributed by atoms with Gasteiger partial charge in [0.25, 0.3) is 0 Å². The average molecular weight is 487 g/mol. The largest absolute Gasteiger partial charge is 0.464 e. The lowest BCUT2D eigenvalue weighted by molar-refractivity contribution is -0.138. The number of hydrogen-bond donors (Lipinski definition) is 2. The second kappa shape index (κ2) is 12.4. The third kappa shape index (κ3) is 7.31. The fourth-order valence-electron chi connectivity index (χ4n) is 5.87. The van der Waals surface area contributed by atoms with Crippen LogP contribution in [-0.2, 0) is 15.1 Å². The van der Waals surface area contributed by atoms with Gasteiger partial charge in [0, 0.05) is 50.1 Å². The van der Waals surface area contributed by atoms with Gasteiger partial charge in [0.1, 0.15) is 5.58 Å². The average Bonchev–Trinajstić information content (AvgIpc) is 3.30. The Kier molecular flexibility index (Phi) is 9.79. The molecule has 1 saturated heterocycles. The number of piperidine rings is 1. The number of benzene rings is 1. The Balaban J connectivity index is 1.80. The van der Waals surface area contributed by atoms with Gasteiger partial charge in [-0.2, -0.15) is 0 Å². The highest BCUT2D eigenvalue weighted by atomic mass is 16.5. The van der Waals surface area contributed by atoms with Gasteiger partial charge in [-0.3, -0.25) is 4.79 Å². The summed E-state index contributed by atoms with van der Waals surface area (Å²) in [6, 6.07) is 7.95. The topological polar surface area (TPSA) is 74.9 Å². The monoisotopic (exact) mass is 486 g/mol. The number of para-hydroxylation sites is 1. The van der Waals surface area contributed by atoms with E-state index in [1.165, 1.54) is 0 Å². The summed E-state index contributed by atoms with van der Waals surface area (Å²) in [5, 5.41) is 16.6. The van der Waals surface area contributed by atoms with E-state index in [9.17, 15) is 9.90 Å². The van der Waals surface area contributed by atoms with Crippen molar-refractivity contribution >= 4 is 16.9 Å². The Hall–Kier alpha value is -1.89. The van der Waals surface area contributed by atoms with E-state index in [1.54, 1.807) is 13.4 Å². The van der Waals surface area contributed by atoms with Crippen molar-refractivity contribution in [2.75, 3.05) is 40.4 Å². The molecule has 1 aromatic heterocycles. The van der Waals surface area contributed by atoms with Crippen LogP contribution in [0, 0.1) is 17.3 Å². The number of methoxy groups -OCH3 is 1. The Bertz CT molecular complexity index is 934. The van der Waals surface area contributed by atoms with Gasteiger partial charge in [0.15, 0.2) is 0 Å². The lowest BCUT2D eigenvalue weighted by Crippen LogP contribution is -2.48. The minimum Gasteiger partial charge on any atom is -0.464 e. The number of likely N-dealkylation sites (tertiary alicyclic amines) is 1. The van der Waals surface area contributed by atoms with Crippen LogP contribution < -0.4 is 5.32 Å². The van der Waals surface area contributed by atoms with Crippen LogP contribution in [0.15, 0.2) is 34.9 Å². The molecule has 3 atom stereocenters. The van der Waals surface area contributed by atoms with Gasteiger partial charge in [-0.25, -0.2) is 0 Å². The predicted molar refractivity (Wildman–Crippen MR) is 141 cm³/mol. The first-order valence-corrected chi connectivity index (χ1v) is 13.3. The van der Waals surface area contributed by atoms with Gasteiger partial charge in [0.05, 0.1) is 11.9 Å². The number of nitrogens with one attached hydrogen (secondary N) is 1. The molecule has 1 amide bonds. The van der Waals surface area contributed by atoms with Crippen molar-refractivity contribution in [1.82, 2.24) is 10.2 Å². The van der Waals surface area contributed by atoms with Crippen molar-refractivity contribution in [3.05, 3.63) is 36.1 Å². The van der Waals surface area contributed by atoms with Crippen molar-refractivity contribution in [3.8, 4) is 0 Å². The Morgan fingerprint density at radius 2 is 2.09 bits per heavy atom. The number of unbranched alkanes of at least 4 members (excludes halogenated alkanes) is 1. The van der Waals surface area contributed by atoms with Gasteiger partial charge < -0.3 is 24.5 Å². The lowest BCUT2D eigenvalue weighted by atomic mass is 9.73. The van der Waals surface area contributed by atoms with E-state index in [4.69, 9.17) is 9.15 Å². The van der Waals surface area contributed by atoms with Crippen LogP contribution in [0.1, 0.15) is 71.3 Å². The van der Waals surface area contributed by atoms with Gasteiger partial charge >= 0.3 is 0 Å². The van der Waals surface area contributed by atoms with E-state index in [0.717, 1.165) is 61.7 Å². The van der Waals surface area contributed by atoms with Gasteiger partial charge in [-0.05, 0) is 69.5 Å². The Morgan fingerprint density at radius 3 is 2.80 bits per heavy atom. The highest BCUT2D eigenvalue weighted by Gasteiger charge is 2.42. The zero-order valence-corrected chi connectivity index (χ0v) is 22.4. The van der Waals surface area contributed by atoms with Crippen LogP contribution in [0.2, 0.25) is 0 Å². The molecule has 2 aromatic rings. The standard InChI is InChI=1S/C29H46N2O4/c1-28(2,3)19-22(20-30-4)18-26(32)31-15-9-11-24(21-31)29(33,14-6-7-16-34-5)25-12-8-10-23-13-17-35-27(23)25/h8,10,12-13,17,22,24,30,33H,6-7,9,11,14-16,18-21H2,1-5H3/t22-,24+,29-/m0/s1. The molecule has 2 heterocycles. The van der Waals surface area contributed by atoms with Crippen molar-refractivity contribution in [2.24, 2.45) is 17.3 Å². The number of carbonyl (C=O) groups is 1. The second-order valence-corrected chi connectivity index (χ2v) is 11.6. The number of fused-ring (bicyclic) bond motifs is 1. The summed E-state index contributed by atoms with van der Waals surface area (Å²) >= 11 is 0. The van der Waals surface area contributed by atoms with Gasteiger partial charge in [-0.1, -0.05) is 39.0 Å². The second-order valence-electron chi connectivity index (χ2n) is 11.6. The summed E-state index contributed by atoms with van der Waals surface area (Å²) in [6.07, 6.45) is 7.39. The highest BCUT2D eigenvalue weighted by molar-refractivity contribution is 5.81. The summed E-state index contributed by atoms with van der Waals surface area (Å²) < 4.78 is 11.1. The zero-order chi connectivity index (χ0) is 25.5. The Morgan fingerprint density at radius 1 is 1.29 bits per heavy atom. The van der Waals surface area contributed by atoms with Crippen LogP contribution in [0.5, 0.6) is 0 Å². The molecular weight excluding hydrogens is 440 g/mol. The van der Waals surface area contributed by atoms with Crippen LogP contribution in [0.4, 0.5) is 0 Å². The smallest absolute Gasteiger partial charge is 0.222 e. The van der Waals surface area contributed by atoms with Crippen molar-refractivity contribution < 1.29 is 19.1 Å². The van der Waals surface area contributed by atoms with Crippen molar-refractivity contribution in [1.29, 1.82) is 0 Å². The first-order valence-electron chi connectivity index (χ1n) is 13.3. The van der Waals surface area contributed by atoms with Crippen molar-refractivity contribution in [2.45, 2.75) is 71.3 Å². The number of furan rings is 1. The normalized spacial score (nSPS) is 19.6. The maximum Gasteiger partial charge on any atom is 0.222 e. The van der Waals surface area contributed by atoms with Crippen LogP contribution in [0.25, 0.3) is 11.0 Å². The Labute approximate surface area is 211 Å². The first kappa shape index (κ1) is 27.7. The molecule has 0 spiro atoms. The fourth-order valence-corrected chi connectivity index (χ4v) is 5.87. The summed E-state index contributed by atoms with van der Waals surface area (Å²) in [5.74, 6) is 0.471. The quantitative estimate of drug-likeness (QED) is 0.396. The van der Waals surface area contributed by atoms with E-state index >= 15 is 0 Å². The number of rotatable bonds is 12. The fraction of sp³-hybridized carbons (Fsp3) is 0.690. The number of aliphatic hydroxyl groups is 1. The van der Waals surface area contributed by atoms with E-state index in [-0.39, 0.29) is 17.2 Å². The molecule has 6 heteroatoms. The molecule has 1 aliphatic heterocycles. The molecule has 3 rings (SSSR count). The molecule has 1 aromatic carbocycles. The molecular formula is C29H46N2O4. The third-order valence-electron chi connectivity index (χ3n) is 7.41. The molecule has 1 fully saturated rings. The molecule has 0 bridgehead atoms. The number of hydrogen-bond acceptors (Lipinski definition) is 5. The van der Waals surface area contributed by atoms with Crippen LogP contribution >= 0.6 is 0 Å². The van der Waals surface area contributed by atoms with Gasteiger partial charge in [0.2, 0.25) is 5.91 Å². The molecule has 0 unspecified atom stereocenters. The molecule has 6 nitrogen and oxygen atoms in total. The zero-order valence-electron chi connectivity index (χ0n) is 22.4. The number of carbonyl (C=O) groups excluding carboxylic acids is 1. The van der Waals surface area contributed by atoms with Crippen LogP contribution in [-0.4, -0.2) is 56.3 Å². The SMILES string of the molecule is CNC[C@@H](CC(=O)N1CCC[C@@H]([C@@](O)(CCCCOC)c2cccc3ccoc23)C1)CC(C)(C)C. The van der Waals surface area contributed by atoms with E-state index in [1.807, 2.05) is 36.2 Å². The van der Waals surface area contributed by atoms with E-state index in [0.29, 0.717) is 31.9 Å². The summed E-state index contributed by atoms with van der Waals surface area (Å²) in [4.78, 5) is 15.4. The summed E-state index contributed by atoms with van der Waals surface area (Å²) in [7, 11) is 3.66. The maximum absolute atomic E-state index is 13.4. The maximum atomic E-state index is 13.4. The molecule has 0 aliphatic carbocycles. The minimum absolute atomic E-state index is 0.0381. The number of amides is 1. The third-order valence-corrected chi connectivity index (χ3v) is 7.41. The molecule has 196 valence electrons. The number of ether oxygens (including phenoxy) is 1. The molecule has 1 aliphatic rings. The van der Waals surface area contributed by atoms with E-state index in [2.05, 4.69) is 26.1 Å². The molecule has 0 saturated carbocycles.